The number of fused-ring (bicyclic) bond motifs is 1. The second-order valence-corrected chi connectivity index (χ2v) is 6.77. The van der Waals surface area contributed by atoms with Crippen molar-refractivity contribution in [3.8, 4) is 0 Å². The Morgan fingerprint density at radius 1 is 1.40 bits per heavy atom. The Kier molecular flexibility index (Phi) is 3.12. The van der Waals surface area contributed by atoms with Crippen molar-refractivity contribution in [1.82, 2.24) is 24.4 Å². The molecule has 0 unspecified atom stereocenters. The number of hydrogen-bond acceptors (Lipinski definition) is 7. The number of anilines is 1. The highest BCUT2D eigenvalue weighted by atomic mass is 32.2. The van der Waals surface area contributed by atoms with Crippen molar-refractivity contribution in [3.05, 3.63) is 35.6 Å². The molecule has 3 aromatic heterocycles. The molecule has 0 aliphatic rings. The van der Waals surface area contributed by atoms with E-state index in [9.17, 15) is 8.42 Å². The molecule has 0 saturated heterocycles. The van der Waals surface area contributed by atoms with Gasteiger partial charge in [-0.1, -0.05) is 6.07 Å². The zero-order chi connectivity index (χ0) is 14.2. The van der Waals surface area contributed by atoms with E-state index >= 15 is 0 Å². The fourth-order valence-electron chi connectivity index (χ4n) is 1.61. The maximum atomic E-state index is 12.0. The van der Waals surface area contributed by atoms with Crippen molar-refractivity contribution in [1.29, 1.82) is 0 Å². The summed E-state index contributed by atoms with van der Waals surface area (Å²) in [6.07, 6.45) is 1.35. The summed E-state index contributed by atoms with van der Waals surface area (Å²) in [5, 5.41) is 5.67. The van der Waals surface area contributed by atoms with Crippen LogP contribution in [0, 0.1) is 6.92 Å². The smallest absolute Gasteiger partial charge is 0.266 e. The summed E-state index contributed by atoms with van der Waals surface area (Å²) in [5.41, 5.74) is 3.33. The van der Waals surface area contributed by atoms with Gasteiger partial charge in [0.2, 0.25) is 0 Å². The first-order valence-corrected chi connectivity index (χ1v) is 7.91. The van der Waals surface area contributed by atoms with Gasteiger partial charge in [-0.3, -0.25) is 5.43 Å². The molecule has 0 atom stereocenters. The lowest BCUT2D eigenvalue weighted by Gasteiger charge is -2.09. The van der Waals surface area contributed by atoms with Crippen LogP contribution in [0.25, 0.3) is 5.78 Å². The zero-order valence-electron chi connectivity index (χ0n) is 10.3. The number of sulfonamides is 1. The van der Waals surface area contributed by atoms with Crippen molar-refractivity contribution >= 4 is 33.0 Å². The molecule has 0 saturated carbocycles. The predicted octanol–water partition coefficient (Wildman–Crippen LogP) is 0.800. The minimum atomic E-state index is -3.60. The van der Waals surface area contributed by atoms with Crippen molar-refractivity contribution < 1.29 is 8.42 Å². The van der Waals surface area contributed by atoms with Crippen LogP contribution in [0.15, 0.2) is 34.1 Å². The van der Waals surface area contributed by atoms with Crippen molar-refractivity contribution in [2.45, 2.75) is 11.1 Å². The zero-order valence-corrected chi connectivity index (χ0v) is 11.9. The van der Waals surface area contributed by atoms with Gasteiger partial charge in [0.25, 0.3) is 15.8 Å². The summed E-state index contributed by atoms with van der Waals surface area (Å²) in [6.45, 7) is 1.79. The van der Waals surface area contributed by atoms with Crippen LogP contribution in [0.1, 0.15) is 5.69 Å². The van der Waals surface area contributed by atoms with Crippen molar-refractivity contribution in [2.24, 2.45) is 0 Å². The molecular weight excluding hydrogens is 300 g/mol. The first kappa shape index (κ1) is 13.0. The van der Waals surface area contributed by atoms with Crippen LogP contribution in [0.3, 0.4) is 0 Å². The summed E-state index contributed by atoms with van der Waals surface area (Å²) < 4.78 is 25.6. The van der Waals surface area contributed by atoms with Crippen LogP contribution >= 0.6 is 11.3 Å². The Balaban J connectivity index is 1.89. The number of rotatable bonds is 4. The second-order valence-electron chi connectivity index (χ2n) is 3.92. The topological polar surface area (TPSA) is 101 Å². The van der Waals surface area contributed by atoms with E-state index in [4.69, 9.17) is 0 Å². The molecule has 2 N–H and O–H groups in total. The molecule has 0 radical (unpaired) electrons. The molecule has 104 valence electrons. The van der Waals surface area contributed by atoms with Crippen molar-refractivity contribution in [2.75, 3.05) is 5.43 Å². The molecule has 3 heterocycles. The van der Waals surface area contributed by atoms with E-state index in [-0.39, 0.29) is 4.21 Å². The van der Waals surface area contributed by atoms with Crippen LogP contribution in [-0.4, -0.2) is 28.0 Å². The minimum absolute atomic E-state index is 0.227. The number of hydrogen-bond donors (Lipinski definition) is 2. The number of aromatic nitrogens is 4. The SMILES string of the molecule is Cc1cc(NNS(=O)(=O)c2cccs2)n2ncnc2n1. The van der Waals surface area contributed by atoms with Gasteiger partial charge in [0.1, 0.15) is 16.4 Å². The molecule has 8 nitrogen and oxygen atoms in total. The molecule has 0 bridgehead atoms. The molecule has 0 fully saturated rings. The maximum absolute atomic E-state index is 12.0. The number of nitrogens with one attached hydrogen (secondary N) is 2. The molecule has 0 aliphatic carbocycles. The first-order chi connectivity index (χ1) is 9.56. The summed E-state index contributed by atoms with van der Waals surface area (Å²) >= 11 is 1.14. The Hall–Kier alpha value is -2.04. The summed E-state index contributed by atoms with van der Waals surface area (Å²) in [4.78, 5) is 10.4. The number of thiophene rings is 1. The average Bonchev–Trinajstić information content (AvgIpc) is 3.06. The fraction of sp³-hybridized carbons (Fsp3) is 0.100. The standard InChI is InChI=1S/C10H10N6O2S2/c1-7-5-8(16-10(13-7)11-6-12-16)14-15-20(17,18)9-3-2-4-19-9/h2-6,14-15H,1H3. The lowest BCUT2D eigenvalue weighted by Crippen LogP contribution is -2.30. The maximum Gasteiger partial charge on any atom is 0.266 e. The van der Waals surface area contributed by atoms with Crippen LogP contribution in [-0.2, 0) is 10.0 Å². The van der Waals surface area contributed by atoms with E-state index < -0.39 is 10.0 Å². The molecule has 3 aromatic rings. The number of aryl methyl sites for hydroxylation is 1. The molecule has 0 aliphatic heterocycles. The number of hydrazine groups is 1. The van der Waals surface area contributed by atoms with Crippen LogP contribution in [0.2, 0.25) is 0 Å². The lowest BCUT2D eigenvalue weighted by molar-refractivity contribution is 0.589. The van der Waals surface area contributed by atoms with E-state index in [1.54, 1.807) is 24.4 Å². The highest BCUT2D eigenvalue weighted by Gasteiger charge is 2.15. The van der Waals surface area contributed by atoms with Gasteiger partial charge in [-0.25, -0.2) is 13.4 Å². The van der Waals surface area contributed by atoms with Gasteiger partial charge in [0, 0.05) is 11.8 Å². The quantitative estimate of drug-likeness (QED) is 0.691. The van der Waals surface area contributed by atoms with E-state index in [0.717, 1.165) is 11.3 Å². The Bertz CT molecular complexity index is 840. The molecule has 10 heteroatoms. The second kappa shape index (κ2) is 4.81. The van der Waals surface area contributed by atoms with Crippen molar-refractivity contribution in [3.63, 3.8) is 0 Å². The summed E-state index contributed by atoms with van der Waals surface area (Å²) in [5.74, 6) is 0.827. The molecular formula is C10H10N6O2S2. The van der Waals surface area contributed by atoms with Gasteiger partial charge < -0.3 is 0 Å². The van der Waals surface area contributed by atoms with Gasteiger partial charge >= 0.3 is 0 Å². The summed E-state index contributed by atoms with van der Waals surface area (Å²) in [6, 6.07) is 4.86. The molecule has 0 aromatic carbocycles. The fourth-order valence-corrected chi connectivity index (χ4v) is 3.45. The first-order valence-electron chi connectivity index (χ1n) is 5.55. The summed E-state index contributed by atoms with van der Waals surface area (Å²) in [7, 11) is -3.60. The largest absolute Gasteiger partial charge is 0.292 e. The monoisotopic (exact) mass is 310 g/mol. The molecule has 3 rings (SSSR count). The predicted molar refractivity (Wildman–Crippen MR) is 73.8 cm³/mol. The third-order valence-electron chi connectivity index (χ3n) is 2.45. The lowest BCUT2D eigenvalue weighted by atomic mass is 10.4. The molecule has 20 heavy (non-hydrogen) atoms. The van der Waals surface area contributed by atoms with E-state index in [0.29, 0.717) is 17.3 Å². The highest BCUT2D eigenvalue weighted by molar-refractivity contribution is 7.91. The van der Waals surface area contributed by atoms with E-state index in [2.05, 4.69) is 25.3 Å². The minimum Gasteiger partial charge on any atom is -0.292 e. The Morgan fingerprint density at radius 3 is 3.00 bits per heavy atom. The van der Waals surface area contributed by atoms with Crippen LogP contribution in [0.4, 0.5) is 5.82 Å². The van der Waals surface area contributed by atoms with Gasteiger partial charge in [-0.15, -0.1) is 16.2 Å². The highest BCUT2D eigenvalue weighted by Crippen LogP contribution is 2.16. The van der Waals surface area contributed by atoms with Gasteiger partial charge in [-0.05, 0) is 18.4 Å². The third-order valence-corrected chi connectivity index (χ3v) is 5.10. The van der Waals surface area contributed by atoms with Gasteiger partial charge in [-0.2, -0.15) is 14.6 Å². The number of nitrogens with zero attached hydrogens (tertiary/aromatic N) is 4. The Labute approximate surface area is 118 Å². The molecule has 0 amide bonds. The Morgan fingerprint density at radius 2 is 2.25 bits per heavy atom. The van der Waals surface area contributed by atoms with Crippen LogP contribution < -0.4 is 10.3 Å². The van der Waals surface area contributed by atoms with Crippen LogP contribution in [0.5, 0.6) is 0 Å². The van der Waals surface area contributed by atoms with E-state index in [1.165, 1.54) is 16.9 Å². The normalized spacial score (nSPS) is 11.8. The van der Waals surface area contributed by atoms with E-state index in [1.807, 2.05) is 0 Å². The third kappa shape index (κ3) is 2.35. The average molecular weight is 310 g/mol. The van der Waals surface area contributed by atoms with Gasteiger partial charge in [0.15, 0.2) is 0 Å². The molecule has 0 spiro atoms. The van der Waals surface area contributed by atoms with Gasteiger partial charge in [0.05, 0.1) is 0 Å².